The maximum atomic E-state index is 12.9. The van der Waals surface area contributed by atoms with Crippen LogP contribution in [-0.2, 0) is 6.54 Å². The van der Waals surface area contributed by atoms with Crippen LogP contribution in [0.4, 0.5) is 0 Å². The second-order valence-electron chi connectivity index (χ2n) is 6.27. The van der Waals surface area contributed by atoms with Crippen molar-refractivity contribution >= 4 is 44.7 Å². The highest BCUT2D eigenvalue weighted by atomic mass is 35.5. The number of benzene rings is 1. The van der Waals surface area contributed by atoms with Crippen molar-refractivity contribution in [2.75, 3.05) is 0 Å². The number of carbonyl (C=O) groups excluding carboxylic acids is 1. The van der Waals surface area contributed by atoms with E-state index in [0.29, 0.717) is 33.0 Å². The lowest BCUT2D eigenvalue weighted by Crippen LogP contribution is -2.25. The van der Waals surface area contributed by atoms with E-state index in [1.54, 1.807) is 24.4 Å². The van der Waals surface area contributed by atoms with Crippen molar-refractivity contribution in [2.45, 2.75) is 20.4 Å². The van der Waals surface area contributed by atoms with Crippen molar-refractivity contribution in [3.63, 3.8) is 0 Å². The number of pyridine rings is 1. The first-order valence-electron chi connectivity index (χ1n) is 8.40. The van der Waals surface area contributed by atoms with E-state index in [1.807, 2.05) is 32.0 Å². The van der Waals surface area contributed by atoms with Gasteiger partial charge in [0.2, 0.25) is 0 Å². The molecule has 0 fully saturated rings. The van der Waals surface area contributed by atoms with Gasteiger partial charge >= 0.3 is 0 Å². The second kappa shape index (κ2) is 6.79. The Morgan fingerprint density at radius 2 is 2.00 bits per heavy atom. The SMILES string of the molecule is Cc1sc2nc3c(C(=O)NCc4ccccc4Cl)cccn3c(=O)c2c1C. The van der Waals surface area contributed by atoms with Crippen LogP contribution in [0.15, 0.2) is 47.4 Å². The Balaban J connectivity index is 1.78. The summed E-state index contributed by atoms with van der Waals surface area (Å²) in [4.78, 5) is 32.0. The highest BCUT2D eigenvalue weighted by Crippen LogP contribution is 2.27. The van der Waals surface area contributed by atoms with Gasteiger partial charge in [0.15, 0.2) is 5.65 Å². The van der Waals surface area contributed by atoms with Crippen molar-refractivity contribution in [2.24, 2.45) is 0 Å². The van der Waals surface area contributed by atoms with Crippen LogP contribution in [0, 0.1) is 13.8 Å². The molecule has 3 aromatic heterocycles. The smallest absolute Gasteiger partial charge is 0.266 e. The van der Waals surface area contributed by atoms with Gasteiger partial charge in [0.05, 0.1) is 10.9 Å². The van der Waals surface area contributed by atoms with Crippen LogP contribution in [0.2, 0.25) is 5.02 Å². The van der Waals surface area contributed by atoms with Gasteiger partial charge in [-0.05, 0) is 43.2 Å². The predicted molar refractivity (Wildman–Crippen MR) is 109 cm³/mol. The van der Waals surface area contributed by atoms with Crippen LogP contribution in [0.1, 0.15) is 26.4 Å². The number of rotatable bonds is 3. The first-order chi connectivity index (χ1) is 13.0. The minimum atomic E-state index is -0.302. The molecule has 7 heteroatoms. The maximum Gasteiger partial charge on any atom is 0.266 e. The van der Waals surface area contributed by atoms with E-state index in [0.717, 1.165) is 16.0 Å². The molecular formula is C20H16ClN3O2S. The van der Waals surface area contributed by atoms with Crippen molar-refractivity contribution in [3.05, 3.63) is 79.5 Å². The molecule has 4 rings (SSSR count). The molecular weight excluding hydrogens is 382 g/mol. The fourth-order valence-electron chi connectivity index (χ4n) is 3.02. The molecule has 5 nitrogen and oxygen atoms in total. The van der Waals surface area contributed by atoms with Gasteiger partial charge in [-0.15, -0.1) is 11.3 Å². The predicted octanol–water partition coefficient (Wildman–Crippen LogP) is 4.11. The minimum Gasteiger partial charge on any atom is -0.348 e. The number of nitrogens with one attached hydrogen (secondary N) is 1. The highest BCUT2D eigenvalue weighted by molar-refractivity contribution is 7.18. The van der Waals surface area contributed by atoms with Gasteiger partial charge in [-0.2, -0.15) is 0 Å². The number of thiophene rings is 1. The van der Waals surface area contributed by atoms with E-state index < -0.39 is 0 Å². The Morgan fingerprint density at radius 1 is 1.22 bits per heavy atom. The maximum absolute atomic E-state index is 12.9. The molecule has 0 aliphatic rings. The molecule has 0 aliphatic carbocycles. The van der Waals surface area contributed by atoms with Gasteiger partial charge in [0, 0.05) is 22.6 Å². The zero-order valence-corrected chi connectivity index (χ0v) is 16.3. The van der Waals surface area contributed by atoms with Crippen LogP contribution >= 0.6 is 22.9 Å². The first-order valence-corrected chi connectivity index (χ1v) is 9.59. The van der Waals surface area contributed by atoms with Crippen LogP contribution < -0.4 is 10.9 Å². The first kappa shape index (κ1) is 17.7. The quantitative estimate of drug-likeness (QED) is 0.565. The average molecular weight is 398 g/mol. The molecule has 1 aromatic carbocycles. The molecule has 1 amide bonds. The largest absolute Gasteiger partial charge is 0.348 e. The zero-order chi connectivity index (χ0) is 19.1. The third-order valence-electron chi connectivity index (χ3n) is 4.62. The summed E-state index contributed by atoms with van der Waals surface area (Å²) in [5, 5.41) is 4.07. The second-order valence-corrected chi connectivity index (χ2v) is 7.88. The number of hydrogen-bond donors (Lipinski definition) is 1. The number of carbonyl (C=O) groups is 1. The van der Waals surface area contributed by atoms with Crippen LogP contribution in [0.25, 0.3) is 15.9 Å². The third kappa shape index (κ3) is 3.01. The van der Waals surface area contributed by atoms with Gasteiger partial charge in [0.1, 0.15) is 4.83 Å². The average Bonchev–Trinajstić information content (AvgIpc) is 2.94. The molecule has 0 aliphatic heterocycles. The number of aromatic nitrogens is 2. The Hall–Kier alpha value is -2.70. The third-order valence-corrected chi connectivity index (χ3v) is 6.09. The number of hydrogen-bond acceptors (Lipinski definition) is 4. The molecule has 0 bridgehead atoms. The van der Waals surface area contributed by atoms with Crippen LogP contribution in [0.3, 0.4) is 0 Å². The van der Waals surface area contributed by atoms with E-state index >= 15 is 0 Å². The lowest BCUT2D eigenvalue weighted by molar-refractivity contribution is 0.0952. The van der Waals surface area contributed by atoms with Gasteiger partial charge in [-0.1, -0.05) is 29.8 Å². The summed E-state index contributed by atoms with van der Waals surface area (Å²) in [5.41, 5.74) is 2.32. The molecule has 3 heterocycles. The zero-order valence-electron chi connectivity index (χ0n) is 14.7. The van der Waals surface area contributed by atoms with Crippen LogP contribution in [-0.4, -0.2) is 15.3 Å². The normalized spacial score (nSPS) is 11.2. The van der Waals surface area contributed by atoms with Gasteiger partial charge < -0.3 is 5.32 Å². The van der Waals surface area contributed by atoms with E-state index in [2.05, 4.69) is 10.3 Å². The molecule has 0 radical (unpaired) electrons. The summed E-state index contributed by atoms with van der Waals surface area (Å²) in [6.07, 6.45) is 1.64. The number of halogens is 1. The fraction of sp³-hybridized carbons (Fsp3) is 0.150. The molecule has 0 unspecified atom stereocenters. The number of aryl methyl sites for hydroxylation is 2. The van der Waals surface area contributed by atoms with Crippen molar-refractivity contribution in [1.29, 1.82) is 0 Å². The minimum absolute atomic E-state index is 0.155. The standard InChI is InChI=1S/C20H16ClN3O2S/c1-11-12(2)27-19-16(11)20(26)24-9-5-7-14(17(24)23-19)18(25)22-10-13-6-3-4-8-15(13)21/h3-9H,10H2,1-2H3,(H,22,25). The van der Waals surface area contributed by atoms with Crippen molar-refractivity contribution in [1.82, 2.24) is 14.7 Å². The Labute approximate surface area is 164 Å². The number of fused-ring (bicyclic) bond motifs is 2. The molecule has 4 aromatic rings. The van der Waals surface area contributed by atoms with Gasteiger partial charge in [-0.25, -0.2) is 4.98 Å². The van der Waals surface area contributed by atoms with Gasteiger partial charge in [0.25, 0.3) is 11.5 Å². The Kier molecular flexibility index (Phi) is 4.45. The Bertz CT molecular complexity index is 1260. The highest BCUT2D eigenvalue weighted by Gasteiger charge is 2.17. The van der Waals surface area contributed by atoms with E-state index in [1.165, 1.54) is 15.7 Å². The lowest BCUT2D eigenvalue weighted by atomic mass is 10.2. The molecule has 0 saturated heterocycles. The molecule has 0 spiro atoms. The summed E-state index contributed by atoms with van der Waals surface area (Å²) >= 11 is 7.61. The number of nitrogens with zero attached hydrogens (tertiary/aromatic N) is 2. The van der Waals surface area contributed by atoms with Gasteiger partial charge in [-0.3, -0.25) is 14.0 Å². The monoisotopic (exact) mass is 397 g/mol. The van der Waals surface area contributed by atoms with E-state index in [4.69, 9.17) is 11.6 Å². The summed E-state index contributed by atoms with van der Waals surface area (Å²) in [6, 6.07) is 10.7. The molecule has 0 atom stereocenters. The summed E-state index contributed by atoms with van der Waals surface area (Å²) in [6.45, 7) is 4.18. The molecule has 27 heavy (non-hydrogen) atoms. The molecule has 1 N–H and O–H groups in total. The summed E-state index contributed by atoms with van der Waals surface area (Å²) < 4.78 is 1.44. The fourth-order valence-corrected chi connectivity index (χ4v) is 4.25. The summed E-state index contributed by atoms with van der Waals surface area (Å²) in [5.74, 6) is -0.302. The van der Waals surface area contributed by atoms with E-state index in [9.17, 15) is 9.59 Å². The van der Waals surface area contributed by atoms with Crippen LogP contribution in [0.5, 0.6) is 0 Å². The van der Waals surface area contributed by atoms with Crippen molar-refractivity contribution < 1.29 is 4.79 Å². The lowest BCUT2D eigenvalue weighted by Gasteiger charge is -2.09. The van der Waals surface area contributed by atoms with Crippen molar-refractivity contribution in [3.8, 4) is 0 Å². The van der Waals surface area contributed by atoms with E-state index in [-0.39, 0.29) is 11.5 Å². The number of amides is 1. The topological polar surface area (TPSA) is 63.5 Å². The Morgan fingerprint density at radius 3 is 2.78 bits per heavy atom. The molecule has 0 saturated carbocycles. The summed E-state index contributed by atoms with van der Waals surface area (Å²) in [7, 11) is 0. The molecule has 136 valence electrons.